The van der Waals surface area contributed by atoms with Crippen molar-refractivity contribution in [3.8, 4) is 10.4 Å². The molecule has 0 radical (unpaired) electrons. The summed E-state index contributed by atoms with van der Waals surface area (Å²) in [6, 6.07) is 7.01. The maximum atomic E-state index is 11.7. The molecular formula is C13H11Cl2NO2S. The zero-order valence-corrected chi connectivity index (χ0v) is 12.4. The molecule has 3 nitrogen and oxygen atoms in total. The smallest absolute Gasteiger partial charge is 0.350 e. The Morgan fingerprint density at radius 2 is 2.05 bits per heavy atom. The number of hydrogen-bond acceptors (Lipinski definition) is 4. The molecule has 2 rings (SSSR count). The van der Waals surface area contributed by atoms with E-state index in [0.717, 1.165) is 10.4 Å². The SMILES string of the molecule is CCOC(=O)c1sc(-c2ccc(Cl)c(Cl)c2)cc1N. The maximum Gasteiger partial charge on any atom is 0.350 e. The van der Waals surface area contributed by atoms with Crippen molar-refractivity contribution in [1.29, 1.82) is 0 Å². The van der Waals surface area contributed by atoms with Crippen LogP contribution in [0.2, 0.25) is 10.0 Å². The van der Waals surface area contributed by atoms with Crippen molar-refractivity contribution in [2.75, 3.05) is 12.3 Å². The molecule has 0 saturated heterocycles. The zero-order valence-electron chi connectivity index (χ0n) is 10.1. The Bertz CT molecular complexity index is 625. The average molecular weight is 316 g/mol. The molecule has 19 heavy (non-hydrogen) atoms. The van der Waals surface area contributed by atoms with Gasteiger partial charge in [-0.25, -0.2) is 4.79 Å². The molecule has 0 unspecified atom stereocenters. The molecule has 2 aromatic rings. The van der Waals surface area contributed by atoms with Crippen molar-refractivity contribution in [1.82, 2.24) is 0 Å². The molecule has 100 valence electrons. The zero-order chi connectivity index (χ0) is 14.0. The van der Waals surface area contributed by atoms with Gasteiger partial charge in [0, 0.05) is 4.88 Å². The van der Waals surface area contributed by atoms with Crippen molar-refractivity contribution in [3.05, 3.63) is 39.2 Å². The highest BCUT2D eigenvalue weighted by atomic mass is 35.5. The molecule has 0 saturated carbocycles. The molecule has 1 aromatic carbocycles. The number of ether oxygens (including phenoxy) is 1. The summed E-state index contributed by atoms with van der Waals surface area (Å²) in [6.45, 7) is 2.07. The van der Waals surface area contributed by atoms with Gasteiger partial charge in [0.1, 0.15) is 4.88 Å². The number of carbonyl (C=O) groups excluding carboxylic acids is 1. The van der Waals surface area contributed by atoms with E-state index in [1.807, 2.05) is 6.07 Å². The molecule has 2 N–H and O–H groups in total. The number of benzene rings is 1. The third-order valence-electron chi connectivity index (χ3n) is 2.43. The number of nitrogens with two attached hydrogens (primary N) is 1. The van der Waals surface area contributed by atoms with E-state index < -0.39 is 5.97 Å². The summed E-state index contributed by atoms with van der Waals surface area (Å²) in [7, 11) is 0. The summed E-state index contributed by atoms with van der Waals surface area (Å²) < 4.78 is 4.95. The van der Waals surface area contributed by atoms with Gasteiger partial charge in [-0.05, 0) is 30.7 Å². The fourth-order valence-corrected chi connectivity index (χ4v) is 2.82. The number of rotatable bonds is 3. The fraction of sp³-hybridized carbons (Fsp3) is 0.154. The number of anilines is 1. The highest BCUT2D eigenvalue weighted by Gasteiger charge is 2.16. The van der Waals surface area contributed by atoms with Crippen LogP contribution in [0.25, 0.3) is 10.4 Å². The highest BCUT2D eigenvalue weighted by molar-refractivity contribution is 7.18. The first kappa shape index (κ1) is 14.2. The van der Waals surface area contributed by atoms with Crippen LogP contribution in [0.1, 0.15) is 16.6 Å². The minimum absolute atomic E-state index is 0.318. The Morgan fingerprint density at radius 3 is 2.68 bits per heavy atom. The molecule has 0 bridgehead atoms. The van der Waals surface area contributed by atoms with E-state index in [-0.39, 0.29) is 0 Å². The van der Waals surface area contributed by atoms with Gasteiger partial charge in [0.15, 0.2) is 0 Å². The lowest BCUT2D eigenvalue weighted by Gasteiger charge is -2.00. The summed E-state index contributed by atoms with van der Waals surface area (Å²) in [6.07, 6.45) is 0. The molecule has 0 spiro atoms. The minimum Gasteiger partial charge on any atom is -0.462 e. The van der Waals surface area contributed by atoms with Gasteiger partial charge in [-0.2, -0.15) is 0 Å². The van der Waals surface area contributed by atoms with Crippen molar-refractivity contribution < 1.29 is 9.53 Å². The maximum absolute atomic E-state index is 11.7. The van der Waals surface area contributed by atoms with Crippen LogP contribution in [0.3, 0.4) is 0 Å². The molecule has 0 aliphatic carbocycles. The van der Waals surface area contributed by atoms with Crippen LogP contribution >= 0.6 is 34.5 Å². The van der Waals surface area contributed by atoms with Crippen LogP contribution in [0, 0.1) is 0 Å². The molecule has 0 fully saturated rings. The predicted octanol–water partition coefficient (Wildman–Crippen LogP) is 4.48. The number of thiophene rings is 1. The van der Waals surface area contributed by atoms with Crippen molar-refractivity contribution in [3.63, 3.8) is 0 Å². The predicted molar refractivity (Wildman–Crippen MR) is 80.1 cm³/mol. The second kappa shape index (κ2) is 5.82. The monoisotopic (exact) mass is 315 g/mol. The standard InChI is InChI=1S/C13H11Cl2NO2S/c1-2-18-13(17)12-10(16)6-11(19-12)7-3-4-8(14)9(15)5-7/h3-6H,2,16H2,1H3. The third-order valence-corrected chi connectivity index (χ3v) is 4.34. The van der Waals surface area contributed by atoms with Gasteiger partial charge in [-0.3, -0.25) is 0 Å². The first-order chi connectivity index (χ1) is 9.02. The lowest BCUT2D eigenvalue weighted by atomic mass is 10.2. The molecule has 1 aromatic heterocycles. The second-order valence-electron chi connectivity index (χ2n) is 3.74. The molecule has 0 aliphatic rings. The van der Waals surface area contributed by atoms with E-state index in [4.69, 9.17) is 33.7 Å². The van der Waals surface area contributed by atoms with Crippen LogP contribution in [0.5, 0.6) is 0 Å². The first-order valence-corrected chi connectivity index (χ1v) is 7.12. The number of esters is 1. The van der Waals surface area contributed by atoms with Crippen LogP contribution in [-0.2, 0) is 4.74 Å². The first-order valence-electron chi connectivity index (χ1n) is 5.54. The van der Waals surface area contributed by atoms with Gasteiger partial charge in [0.2, 0.25) is 0 Å². The van der Waals surface area contributed by atoms with Crippen LogP contribution in [0.4, 0.5) is 5.69 Å². The third kappa shape index (κ3) is 3.03. The second-order valence-corrected chi connectivity index (χ2v) is 5.61. The Labute approximate surface area is 124 Å². The summed E-state index contributed by atoms with van der Waals surface area (Å²) in [5, 5.41) is 0.949. The molecular weight excluding hydrogens is 305 g/mol. The Balaban J connectivity index is 2.38. The van der Waals surface area contributed by atoms with E-state index in [0.29, 0.717) is 27.2 Å². The van der Waals surface area contributed by atoms with Crippen molar-refractivity contribution in [2.24, 2.45) is 0 Å². The number of halogens is 2. The van der Waals surface area contributed by atoms with Crippen molar-refractivity contribution in [2.45, 2.75) is 6.92 Å². The quantitative estimate of drug-likeness (QED) is 0.849. The van der Waals surface area contributed by atoms with E-state index in [9.17, 15) is 4.79 Å². The van der Waals surface area contributed by atoms with Gasteiger partial charge in [0.05, 0.1) is 22.3 Å². The lowest BCUT2D eigenvalue weighted by Crippen LogP contribution is -2.04. The fourth-order valence-electron chi connectivity index (χ4n) is 1.55. The van der Waals surface area contributed by atoms with Gasteiger partial charge in [0.25, 0.3) is 0 Å². The van der Waals surface area contributed by atoms with E-state index in [1.54, 1.807) is 25.1 Å². The number of hydrogen-bond donors (Lipinski definition) is 1. The number of nitrogen functional groups attached to an aromatic ring is 1. The molecule has 6 heteroatoms. The molecule has 0 atom stereocenters. The van der Waals surface area contributed by atoms with Crippen LogP contribution in [-0.4, -0.2) is 12.6 Å². The topological polar surface area (TPSA) is 52.3 Å². The molecule has 1 heterocycles. The van der Waals surface area contributed by atoms with Gasteiger partial charge in [-0.15, -0.1) is 11.3 Å². The van der Waals surface area contributed by atoms with Crippen LogP contribution in [0.15, 0.2) is 24.3 Å². The highest BCUT2D eigenvalue weighted by Crippen LogP contribution is 2.36. The average Bonchev–Trinajstić information content (AvgIpc) is 2.75. The van der Waals surface area contributed by atoms with Crippen molar-refractivity contribution >= 4 is 46.2 Å². The van der Waals surface area contributed by atoms with Gasteiger partial charge < -0.3 is 10.5 Å². The van der Waals surface area contributed by atoms with E-state index >= 15 is 0 Å². The van der Waals surface area contributed by atoms with Gasteiger partial charge in [-0.1, -0.05) is 29.3 Å². The minimum atomic E-state index is -0.406. The van der Waals surface area contributed by atoms with Gasteiger partial charge >= 0.3 is 5.97 Å². The molecule has 0 amide bonds. The Hall–Kier alpha value is -1.23. The van der Waals surface area contributed by atoms with E-state index in [1.165, 1.54) is 11.3 Å². The summed E-state index contributed by atoms with van der Waals surface area (Å²) >= 11 is 13.1. The van der Waals surface area contributed by atoms with Crippen LogP contribution < -0.4 is 5.73 Å². The molecule has 0 aliphatic heterocycles. The van der Waals surface area contributed by atoms with E-state index in [2.05, 4.69) is 0 Å². The Kier molecular flexibility index (Phi) is 4.34. The summed E-state index contributed by atoms with van der Waals surface area (Å²) in [5.41, 5.74) is 7.10. The lowest BCUT2D eigenvalue weighted by molar-refractivity contribution is 0.0533. The Morgan fingerprint density at radius 1 is 1.32 bits per heavy atom. The largest absolute Gasteiger partial charge is 0.462 e. The summed E-state index contributed by atoms with van der Waals surface area (Å²) in [4.78, 5) is 12.9. The normalized spacial score (nSPS) is 10.5. The number of carbonyl (C=O) groups is 1. The summed E-state index contributed by atoms with van der Waals surface area (Å²) in [5.74, 6) is -0.406.